The van der Waals surface area contributed by atoms with Crippen molar-refractivity contribution in [2.24, 2.45) is 5.10 Å². The van der Waals surface area contributed by atoms with Gasteiger partial charge in [-0.3, -0.25) is 0 Å². The Balaban J connectivity index is 0.000000980. The molecule has 0 aromatic heterocycles. The summed E-state index contributed by atoms with van der Waals surface area (Å²) in [6.07, 6.45) is 2.11. The van der Waals surface area contributed by atoms with Gasteiger partial charge in [-0.1, -0.05) is 23.3 Å². The molecule has 1 unspecified atom stereocenters. The van der Waals surface area contributed by atoms with E-state index < -0.39 is 0 Å². The Morgan fingerprint density at radius 3 is 2.43 bits per heavy atom. The van der Waals surface area contributed by atoms with Gasteiger partial charge < -0.3 is 24.0 Å². The minimum absolute atomic E-state index is 0. The highest BCUT2D eigenvalue weighted by molar-refractivity contribution is 6.01. The van der Waals surface area contributed by atoms with Gasteiger partial charge in [-0.05, 0) is 0 Å². The number of rotatable bonds is 1. The molecule has 1 aromatic carbocycles. The topological polar surface area (TPSA) is 29.4 Å². The highest BCUT2D eigenvalue weighted by Gasteiger charge is 2.37. The number of amides is 1. The maximum atomic E-state index is 11.5. The van der Waals surface area contributed by atoms with Gasteiger partial charge in [0.2, 0.25) is 0 Å². The van der Waals surface area contributed by atoms with Crippen molar-refractivity contribution in [1.82, 2.24) is 4.59 Å². The van der Waals surface area contributed by atoms with Gasteiger partial charge in [0.05, 0.1) is 6.21 Å². The Morgan fingerprint density at radius 2 is 1.93 bits per heavy atom. The Labute approximate surface area is 100 Å². The third kappa shape index (κ3) is 1.72. The van der Waals surface area contributed by atoms with Crippen LogP contribution in [0.5, 0.6) is 0 Å². The average molecular weight is 302 g/mol. The van der Waals surface area contributed by atoms with Crippen LogP contribution in [-0.4, -0.2) is 19.2 Å². The van der Waals surface area contributed by atoms with Crippen molar-refractivity contribution in [3.05, 3.63) is 30.3 Å². The van der Waals surface area contributed by atoms with Gasteiger partial charge in [0.25, 0.3) is 0 Å². The molecule has 1 aromatic rings. The van der Waals surface area contributed by atoms with Crippen LogP contribution in [0.25, 0.3) is 0 Å². The summed E-state index contributed by atoms with van der Waals surface area (Å²) in [5.41, 5.74) is 0.918. The lowest BCUT2D eigenvalue weighted by Gasteiger charge is -2.19. The van der Waals surface area contributed by atoms with Crippen LogP contribution in [0, 0.1) is 0 Å². The number of quaternary nitrogens is 1. The van der Waals surface area contributed by atoms with Crippen LogP contribution in [-0.2, 0) is 4.79 Å². The Hall–Kier alpha value is -0.750. The van der Waals surface area contributed by atoms with E-state index in [0.29, 0.717) is 6.42 Å². The number of carbonyl (C=O) groups is 1. The van der Waals surface area contributed by atoms with Crippen LogP contribution < -0.4 is 28.6 Å². The number of nitrogens with zero attached hydrogens (tertiary/aromatic N) is 2. The summed E-state index contributed by atoms with van der Waals surface area (Å²) in [4.78, 5) is 11.5. The summed E-state index contributed by atoms with van der Waals surface area (Å²) in [6, 6.07) is 9.60. The molecule has 0 bridgehead atoms. The maximum Gasteiger partial charge on any atom is 0.350 e. The molecule has 2 rings (SSSR count). The molecule has 4 heteroatoms. The highest BCUT2D eigenvalue weighted by Crippen LogP contribution is 2.24. The standard InChI is InChI=1S/C10H11N2O.HI/c1-12(10(13)7-8-11-12)9-5-3-2-4-6-9;/h2-6,8H,7H2,1H3;1H/q+1;/p-1. The minimum Gasteiger partial charge on any atom is -1.00 e. The molecule has 1 atom stereocenters. The van der Waals surface area contributed by atoms with Gasteiger partial charge in [0.1, 0.15) is 13.5 Å². The number of para-hydroxylation sites is 1. The molecule has 14 heavy (non-hydrogen) atoms. The van der Waals surface area contributed by atoms with E-state index in [2.05, 4.69) is 5.10 Å². The molecule has 3 nitrogen and oxygen atoms in total. The molecule has 0 saturated heterocycles. The molecule has 1 aliphatic heterocycles. The van der Waals surface area contributed by atoms with E-state index in [9.17, 15) is 4.79 Å². The molecular formula is C10H11IN2O. The molecule has 0 aliphatic carbocycles. The molecular weight excluding hydrogens is 291 g/mol. The first kappa shape index (κ1) is 11.3. The SMILES string of the molecule is C[N+]1(c2ccccc2)N=CCC1=O.[I-]. The van der Waals surface area contributed by atoms with Crippen molar-refractivity contribution in [1.29, 1.82) is 0 Å². The molecule has 0 radical (unpaired) electrons. The number of halogens is 1. The normalized spacial score (nSPS) is 24.8. The van der Waals surface area contributed by atoms with Crippen molar-refractivity contribution in [3.63, 3.8) is 0 Å². The number of benzene rings is 1. The first-order valence-corrected chi connectivity index (χ1v) is 4.23. The molecule has 1 aliphatic rings. The highest BCUT2D eigenvalue weighted by atomic mass is 127. The zero-order chi connectivity index (χ0) is 9.31. The smallest absolute Gasteiger partial charge is 0.350 e. The number of carbonyl (C=O) groups excluding carboxylic acids is 1. The van der Waals surface area contributed by atoms with Crippen LogP contribution in [0.3, 0.4) is 0 Å². The molecule has 74 valence electrons. The molecule has 0 N–H and O–H groups in total. The average Bonchev–Trinajstić information content (AvgIpc) is 2.50. The summed E-state index contributed by atoms with van der Waals surface area (Å²) in [5.74, 6) is 0.117. The lowest BCUT2D eigenvalue weighted by Crippen LogP contribution is -3.00. The second kappa shape index (κ2) is 4.18. The number of hydrogen-bond donors (Lipinski definition) is 0. The summed E-state index contributed by atoms with van der Waals surface area (Å²) < 4.78 is 0.0564. The van der Waals surface area contributed by atoms with E-state index in [0.717, 1.165) is 5.69 Å². The monoisotopic (exact) mass is 302 g/mol. The third-order valence-electron chi connectivity index (χ3n) is 2.32. The molecule has 0 fully saturated rings. The quantitative estimate of drug-likeness (QED) is 0.461. The van der Waals surface area contributed by atoms with E-state index in [1.54, 1.807) is 13.3 Å². The second-order valence-corrected chi connectivity index (χ2v) is 3.19. The second-order valence-electron chi connectivity index (χ2n) is 3.19. The third-order valence-corrected chi connectivity index (χ3v) is 2.32. The van der Waals surface area contributed by atoms with Gasteiger partial charge >= 0.3 is 5.91 Å². The summed E-state index contributed by atoms with van der Waals surface area (Å²) in [5, 5.41) is 4.18. The first-order valence-electron chi connectivity index (χ1n) is 4.23. The van der Waals surface area contributed by atoms with Gasteiger partial charge in [0, 0.05) is 12.1 Å². The zero-order valence-electron chi connectivity index (χ0n) is 7.85. The predicted octanol–water partition coefficient (Wildman–Crippen LogP) is -1.46. The lowest BCUT2D eigenvalue weighted by molar-refractivity contribution is -0.126. The van der Waals surface area contributed by atoms with E-state index in [4.69, 9.17) is 0 Å². The van der Waals surface area contributed by atoms with Gasteiger partial charge in [0.15, 0.2) is 5.69 Å². The Bertz CT molecular complexity index is 364. The fourth-order valence-electron chi connectivity index (χ4n) is 1.45. The van der Waals surface area contributed by atoms with E-state index in [1.807, 2.05) is 30.3 Å². The van der Waals surface area contributed by atoms with Crippen LogP contribution in [0.2, 0.25) is 0 Å². The Kier molecular flexibility index (Phi) is 3.38. The predicted molar refractivity (Wildman–Crippen MR) is 52.3 cm³/mol. The van der Waals surface area contributed by atoms with Crippen molar-refractivity contribution in [3.8, 4) is 0 Å². The summed E-state index contributed by atoms with van der Waals surface area (Å²) in [7, 11) is 1.81. The van der Waals surface area contributed by atoms with Crippen LogP contribution in [0.15, 0.2) is 35.4 Å². The first-order chi connectivity index (χ1) is 6.23. The maximum absolute atomic E-state index is 11.5. The van der Waals surface area contributed by atoms with Crippen molar-refractivity contribution >= 4 is 17.8 Å². The molecule has 0 spiro atoms. The van der Waals surface area contributed by atoms with Gasteiger partial charge in [-0.15, -0.1) is 4.59 Å². The van der Waals surface area contributed by atoms with Crippen LogP contribution in [0.4, 0.5) is 5.69 Å². The Morgan fingerprint density at radius 1 is 1.29 bits per heavy atom. The summed E-state index contributed by atoms with van der Waals surface area (Å²) >= 11 is 0. The largest absolute Gasteiger partial charge is 1.00 e. The van der Waals surface area contributed by atoms with Gasteiger partial charge in [-0.25, -0.2) is 4.79 Å². The number of hydrogen-bond acceptors (Lipinski definition) is 2. The van der Waals surface area contributed by atoms with Crippen LogP contribution >= 0.6 is 0 Å². The van der Waals surface area contributed by atoms with Crippen molar-refractivity contribution < 1.29 is 28.8 Å². The minimum atomic E-state index is 0. The fraction of sp³-hybridized carbons (Fsp3) is 0.200. The zero-order valence-corrected chi connectivity index (χ0v) is 10.0. The molecule has 1 heterocycles. The van der Waals surface area contributed by atoms with Crippen molar-refractivity contribution in [2.45, 2.75) is 6.42 Å². The van der Waals surface area contributed by atoms with E-state index in [1.165, 1.54) is 0 Å². The van der Waals surface area contributed by atoms with E-state index >= 15 is 0 Å². The lowest BCUT2D eigenvalue weighted by atomic mass is 10.3. The molecule has 1 amide bonds. The van der Waals surface area contributed by atoms with Crippen LogP contribution in [0.1, 0.15) is 6.42 Å². The summed E-state index contributed by atoms with van der Waals surface area (Å²) in [6.45, 7) is 0. The van der Waals surface area contributed by atoms with Crippen molar-refractivity contribution in [2.75, 3.05) is 7.05 Å². The molecule has 0 saturated carbocycles. The fourth-order valence-corrected chi connectivity index (χ4v) is 1.45. The van der Waals surface area contributed by atoms with Gasteiger partial charge in [-0.2, -0.15) is 0 Å². The van der Waals surface area contributed by atoms with E-state index in [-0.39, 0.29) is 34.5 Å².